The van der Waals surface area contributed by atoms with Crippen molar-refractivity contribution in [1.29, 1.82) is 0 Å². The Morgan fingerprint density at radius 3 is 2.83 bits per heavy atom. The Hall–Kier alpha value is -3.43. The molecule has 9 heteroatoms. The van der Waals surface area contributed by atoms with E-state index in [-0.39, 0.29) is 6.03 Å². The highest BCUT2D eigenvalue weighted by molar-refractivity contribution is 7.90. The summed E-state index contributed by atoms with van der Waals surface area (Å²) in [6.07, 6.45) is 6.76. The molecule has 1 aromatic carbocycles. The molecule has 0 spiro atoms. The lowest BCUT2D eigenvalue weighted by Gasteiger charge is -2.09. The van der Waals surface area contributed by atoms with Crippen LogP contribution in [0.4, 0.5) is 10.6 Å². The molecule has 4 rings (SSSR count). The van der Waals surface area contributed by atoms with E-state index in [1.54, 1.807) is 41.7 Å². The van der Waals surface area contributed by atoms with Crippen LogP contribution in [0.1, 0.15) is 11.3 Å². The number of hydrogen-bond donors (Lipinski definition) is 2. The minimum atomic E-state index is -1.06. The number of anilines is 1. The number of nitrogens with one attached hydrogen (secondary N) is 2. The van der Waals surface area contributed by atoms with Crippen LogP contribution in [0.5, 0.6) is 0 Å². The Morgan fingerprint density at radius 2 is 2.03 bits per heavy atom. The van der Waals surface area contributed by atoms with E-state index in [2.05, 4.69) is 25.7 Å². The number of carbonyl (C=O) groups is 1. The summed E-state index contributed by atoms with van der Waals surface area (Å²) in [5, 5.41) is 10.8. The number of carbonyl (C=O) groups excluding carboxylic acids is 1. The number of pyridine rings is 2. The van der Waals surface area contributed by atoms with Crippen molar-refractivity contribution in [3.63, 3.8) is 0 Å². The molecule has 0 unspecified atom stereocenters. The zero-order chi connectivity index (χ0) is 21.1. The maximum atomic E-state index is 12.3. The molecule has 152 valence electrons. The average molecular weight is 420 g/mol. The molecule has 2 amide bonds. The van der Waals surface area contributed by atoms with Gasteiger partial charge in [-0.3, -0.25) is 10.3 Å². The number of aryl methyl sites for hydroxylation is 1. The number of urea groups is 1. The van der Waals surface area contributed by atoms with Crippen molar-refractivity contribution in [3.05, 3.63) is 72.3 Å². The average Bonchev–Trinajstić information content (AvgIpc) is 3.16. The van der Waals surface area contributed by atoms with Gasteiger partial charge in [-0.15, -0.1) is 0 Å². The van der Waals surface area contributed by atoms with Gasteiger partial charge in [0.1, 0.15) is 12.1 Å². The van der Waals surface area contributed by atoms with Gasteiger partial charge in [-0.1, -0.05) is 12.1 Å². The van der Waals surface area contributed by atoms with Crippen LogP contribution in [-0.2, 0) is 17.7 Å². The first kappa shape index (κ1) is 19.9. The number of fused-ring (bicyclic) bond motifs is 1. The standard InChI is InChI=1S/C21H20N6O2S/c1-14-8-17(6-7-22-14)27-19-13-23-20(10-16(19)12-25-27)26-21(28)24-11-15-4-3-5-18(9-15)30(2)29/h3-10,12-13H,11H2,1-2H3,(H2,23,24,26,28)/t30-/m1/s1. The molecule has 30 heavy (non-hydrogen) atoms. The van der Waals surface area contributed by atoms with Gasteiger partial charge in [0.15, 0.2) is 4.90 Å². The van der Waals surface area contributed by atoms with Crippen molar-refractivity contribution in [1.82, 2.24) is 25.1 Å². The number of hydrogen-bond acceptors (Lipinski definition) is 5. The zero-order valence-electron chi connectivity index (χ0n) is 16.5. The maximum Gasteiger partial charge on any atom is 0.320 e. The highest BCUT2D eigenvalue weighted by atomic mass is 32.2. The largest absolute Gasteiger partial charge is 0.612 e. The Morgan fingerprint density at radius 1 is 1.17 bits per heavy atom. The maximum absolute atomic E-state index is 12.3. The van der Waals surface area contributed by atoms with Gasteiger partial charge in [0.05, 0.1) is 23.6 Å². The summed E-state index contributed by atoms with van der Waals surface area (Å²) in [6.45, 7) is 2.24. The normalized spacial score (nSPS) is 12.0. The molecule has 1 atom stereocenters. The lowest BCUT2D eigenvalue weighted by molar-refractivity contribution is 0.251. The van der Waals surface area contributed by atoms with Crippen LogP contribution in [0.15, 0.2) is 66.0 Å². The van der Waals surface area contributed by atoms with Gasteiger partial charge in [-0.2, -0.15) is 5.10 Å². The van der Waals surface area contributed by atoms with E-state index in [9.17, 15) is 9.35 Å². The molecule has 0 fully saturated rings. The summed E-state index contributed by atoms with van der Waals surface area (Å²) in [7, 11) is 0. The highest BCUT2D eigenvalue weighted by Crippen LogP contribution is 2.20. The summed E-state index contributed by atoms with van der Waals surface area (Å²) in [5.41, 5.74) is 3.49. The van der Waals surface area contributed by atoms with Crippen LogP contribution in [0.2, 0.25) is 0 Å². The van der Waals surface area contributed by atoms with Crippen LogP contribution in [-0.4, -0.2) is 36.6 Å². The van der Waals surface area contributed by atoms with E-state index in [1.807, 2.05) is 37.3 Å². The summed E-state index contributed by atoms with van der Waals surface area (Å²) in [6, 6.07) is 12.5. The molecule has 3 heterocycles. The summed E-state index contributed by atoms with van der Waals surface area (Å²) >= 11 is -1.06. The molecule has 0 radical (unpaired) electrons. The molecule has 0 saturated carbocycles. The van der Waals surface area contributed by atoms with Crippen molar-refractivity contribution < 1.29 is 9.35 Å². The molecule has 0 aliphatic heterocycles. The van der Waals surface area contributed by atoms with E-state index in [1.165, 1.54) is 0 Å². The molecule has 0 aliphatic carbocycles. The van der Waals surface area contributed by atoms with Gasteiger partial charge in [0.25, 0.3) is 0 Å². The topological polar surface area (TPSA) is 108 Å². The SMILES string of the molecule is Cc1cc(-n2ncc3cc(NC(=O)NCc4cccc([S@@+](C)[O-])c4)ncc32)ccn1. The van der Waals surface area contributed by atoms with Crippen molar-refractivity contribution in [2.24, 2.45) is 0 Å². The van der Waals surface area contributed by atoms with Crippen LogP contribution < -0.4 is 10.6 Å². The van der Waals surface area contributed by atoms with Crippen molar-refractivity contribution in [2.75, 3.05) is 11.6 Å². The summed E-state index contributed by atoms with van der Waals surface area (Å²) in [4.78, 5) is 21.5. The Bertz CT molecular complexity index is 1210. The van der Waals surface area contributed by atoms with E-state index >= 15 is 0 Å². The van der Waals surface area contributed by atoms with Gasteiger partial charge in [-0.05, 0) is 54.0 Å². The fourth-order valence-corrected chi connectivity index (χ4v) is 3.63. The minimum absolute atomic E-state index is 0.318. The van der Waals surface area contributed by atoms with Gasteiger partial charge in [-0.25, -0.2) is 14.5 Å². The molecule has 8 nitrogen and oxygen atoms in total. The first-order valence-electron chi connectivity index (χ1n) is 9.23. The van der Waals surface area contributed by atoms with E-state index in [0.29, 0.717) is 12.4 Å². The van der Waals surface area contributed by atoms with E-state index in [4.69, 9.17) is 0 Å². The Kier molecular flexibility index (Phi) is 5.64. The van der Waals surface area contributed by atoms with Crippen LogP contribution in [0.25, 0.3) is 16.6 Å². The van der Waals surface area contributed by atoms with Crippen LogP contribution in [0, 0.1) is 6.92 Å². The third kappa shape index (κ3) is 4.42. The van der Waals surface area contributed by atoms with Gasteiger partial charge >= 0.3 is 6.03 Å². The second kappa shape index (κ2) is 8.52. The molecular formula is C21H20N6O2S. The van der Waals surface area contributed by atoms with Gasteiger partial charge < -0.3 is 9.87 Å². The first-order chi connectivity index (χ1) is 14.5. The lowest BCUT2D eigenvalue weighted by atomic mass is 10.2. The van der Waals surface area contributed by atoms with Crippen LogP contribution in [0.3, 0.4) is 0 Å². The number of amides is 2. The first-order valence-corrected chi connectivity index (χ1v) is 10.8. The number of rotatable bonds is 5. The number of aromatic nitrogens is 4. The fraction of sp³-hybridized carbons (Fsp3) is 0.143. The molecule has 2 N–H and O–H groups in total. The quantitative estimate of drug-likeness (QED) is 0.482. The van der Waals surface area contributed by atoms with Gasteiger partial charge in [0, 0.05) is 23.8 Å². The Labute approximate surface area is 176 Å². The molecule has 0 saturated heterocycles. The van der Waals surface area contributed by atoms with Crippen molar-refractivity contribution >= 4 is 33.9 Å². The lowest BCUT2D eigenvalue weighted by Crippen LogP contribution is -2.28. The van der Waals surface area contributed by atoms with Crippen molar-refractivity contribution in [3.8, 4) is 5.69 Å². The summed E-state index contributed by atoms with van der Waals surface area (Å²) < 4.78 is 13.4. The molecule has 0 aliphatic rings. The zero-order valence-corrected chi connectivity index (χ0v) is 17.3. The Balaban J connectivity index is 1.44. The molecule has 3 aromatic heterocycles. The predicted octanol–water partition coefficient (Wildman–Crippen LogP) is 3.18. The fourth-order valence-electron chi connectivity index (χ4n) is 3.04. The highest BCUT2D eigenvalue weighted by Gasteiger charge is 2.10. The van der Waals surface area contributed by atoms with E-state index in [0.717, 1.165) is 32.7 Å². The number of nitrogens with zero attached hydrogens (tertiary/aromatic N) is 4. The molecular weight excluding hydrogens is 400 g/mol. The molecule has 0 bridgehead atoms. The number of benzene rings is 1. The third-order valence-corrected chi connectivity index (χ3v) is 5.42. The van der Waals surface area contributed by atoms with Gasteiger partial charge in [0.2, 0.25) is 0 Å². The third-order valence-electron chi connectivity index (χ3n) is 4.50. The second-order valence-electron chi connectivity index (χ2n) is 6.75. The minimum Gasteiger partial charge on any atom is -0.612 e. The smallest absolute Gasteiger partial charge is 0.320 e. The van der Waals surface area contributed by atoms with Crippen molar-refractivity contribution in [2.45, 2.75) is 18.4 Å². The summed E-state index contributed by atoms with van der Waals surface area (Å²) in [5.74, 6) is 0.425. The second-order valence-corrected chi connectivity index (χ2v) is 8.13. The monoisotopic (exact) mass is 420 g/mol. The van der Waals surface area contributed by atoms with Crippen LogP contribution >= 0.6 is 0 Å². The predicted molar refractivity (Wildman–Crippen MR) is 116 cm³/mol. The van der Waals surface area contributed by atoms with E-state index < -0.39 is 11.2 Å². The molecule has 4 aromatic rings.